The number of amides is 2. The molecule has 0 aromatic heterocycles. The fourth-order valence-electron chi connectivity index (χ4n) is 3.62. The van der Waals surface area contributed by atoms with Crippen LogP contribution in [0.4, 0.5) is 11.4 Å². The Hall–Kier alpha value is -2.27. The van der Waals surface area contributed by atoms with Crippen molar-refractivity contribution in [1.82, 2.24) is 0 Å². The summed E-state index contributed by atoms with van der Waals surface area (Å²) in [4.78, 5) is 26.7. The lowest BCUT2D eigenvalue weighted by Crippen LogP contribution is -2.29. The Bertz CT molecular complexity index is 848. The van der Waals surface area contributed by atoms with E-state index in [2.05, 4.69) is 32.2 Å². The third kappa shape index (κ3) is 5.21. The summed E-state index contributed by atoms with van der Waals surface area (Å²) in [5, 5.41) is 2.92. The van der Waals surface area contributed by atoms with E-state index in [4.69, 9.17) is 0 Å². The van der Waals surface area contributed by atoms with Crippen molar-refractivity contribution in [2.75, 3.05) is 16.0 Å². The lowest BCUT2D eigenvalue weighted by Gasteiger charge is -2.27. The van der Waals surface area contributed by atoms with Crippen molar-refractivity contribution < 1.29 is 9.59 Å². The number of hydrogen-bond donors (Lipinski definition) is 1. The number of nitrogens with one attached hydrogen (secondary N) is 1. The zero-order chi connectivity index (χ0) is 20.8. The third-order valence-electron chi connectivity index (χ3n) is 5.17. The van der Waals surface area contributed by atoms with E-state index >= 15 is 0 Å². The minimum absolute atomic E-state index is 0.0447. The van der Waals surface area contributed by atoms with Gasteiger partial charge in [-0.25, -0.2) is 0 Å². The smallest absolute Gasteiger partial charge is 0.238 e. The van der Waals surface area contributed by atoms with Crippen molar-refractivity contribution in [3.63, 3.8) is 0 Å². The highest BCUT2D eigenvalue weighted by Crippen LogP contribution is 2.44. The number of unbranched alkanes of at least 4 members (excludes halogenated alkanes) is 2. The number of para-hydroxylation sites is 1. The van der Waals surface area contributed by atoms with Gasteiger partial charge in [-0.3, -0.25) is 14.5 Å². The number of hydrogen-bond acceptors (Lipinski definition) is 3. The van der Waals surface area contributed by atoms with E-state index < -0.39 is 0 Å². The number of benzene rings is 2. The molecule has 1 heterocycles. The SMILES string of the molecule is CCCCCC(=O)Nc1ccc([C@H]2SCC(=O)N2c2ccccc2C(C)C)cc1. The molecule has 4 nitrogen and oxygen atoms in total. The van der Waals surface area contributed by atoms with Crippen molar-refractivity contribution in [3.05, 3.63) is 59.7 Å². The molecule has 0 bridgehead atoms. The molecule has 0 spiro atoms. The Labute approximate surface area is 178 Å². The number of nitrogens with zero attached hydrogens (tertiary/aromatic N) is 1. The van der Waals surface area contributed by atoms with Gasteiger partial charge in [-0.05, 0) is 41.7 Å². The van der Waals surface area contributed by atoms with E-state index in [0.29, 0.717) is 18.1 Å². The minimum atomic E-state index is -0.0447. The molecule has 0 radical (unpaired) electrons. The molecule has 1 N–H and O–H groups in total. The highest BCUT2D eigenvalue weighted by molar-refractivity contribution is 8.00. The first-order chi connectivity index (χ1) is 14.0. The summed E-state index contributed by atoms with van der Waals surface area (Å²) in [5.74, 6) is 1.02. The number of carbonyl (C=O) groups is 2. The van der Waals surface area contributed by atoms with Gasteiger partial charge < -0.3 is 5.32 Å². The van der Waals surface area contributed by atoms with Crippen LogP contribution in [0.15, 0.2) is 48.5 Å². The zero-order valence-electron chi connectivity index (χ0n) is 17.5. The molecule has 5 heteroatoms. The van der Waals surface area contributed by atoms with Crippen LogP contribution in [0.1, 0.15) is 68.9 Å². The minimum Gasteiger partial charge on any atom is -0.326 e. The maximum absolute atomic E-state index is 12.7. The van der Waals surface area contributed by atoms with E-state index in [1.54, 1.807) is 11.8 Å². The average Bonchev–Trinajstić information content (AvgIpc) is 3.10. The Balaban J connectivity index is 1.76. The maximum atomic E-state index is 12.7. The average molecular weight is 411 g/mol. The van der Waals surface area contributed by atoms with Gasteiger partial charge in [0.1, 0.15) is 5.37 Å². The van der Waals surface area contributed by atoms with Gasteiger partial charge in [-0.2, -0.15) is 0 Å². The molecular formula is C24H30N2O2S. The number of carbonyl (C=O) groups excluding carboxylic acids is 2. The van der Waals surface area contributed by atoms with Crippen molar-refractivity contribution in [1.29, 1.82) is 0 Å². The van der Waals surface area contributed by atoms with Crippen LogP contribution in [0.2, 0.25) is 0 Å². The summed E-state index contributed by atoms with van der Waals surface area (Å²) in [6.07, 6.45) is 3.66. The second kappa shape index (κ2) is 9.97. The fraction of sp³-hybridized carbons (Fsp3) is 0.417. The molecular weight excluding hydrogens is 380 g/mol. The van der Waals surface area contributed by atoms with Crippen molar-refractivity contribution in [2.24, 2.45) is 0 Å². The van der Waals surface area contributed by atoms with Gasteiger partial charge >= 0.3 is 0 Å². The zero-order valence-corrected chi connectivity index (χ0v) is 18.3. The van der Waals surface area contributed by atoms with E-state index in [1.165, 1.54) is 5.56 Å². The van der Waals surface area contributed by atoms with Crippen LogP contribution in [-0.4, -0.2) is 17.6 Å². The summed E-state index contributed by atoms with van der Waals surface area (Å²) < 4.78 is 0. The topological polar surface area (TPSA) is 49.4 Å². The van der Waals surface area contributed by atoms with E-state index in [-0.39, 0.29) is 17.2 Å². The van der Waals surface area contributed by atoms with E-state index in [0.717, 1.165) is 36.2 Å². The lowest BCUT2D eigenvalue weighted by atomic mass is 10.00. The summed E-state index contributed by atoms with van der Waals surface area (Å²) in [5.41, 5.74) is 4.06. The highest BCUT2D eigenvalue weighted by Gasteiger charge is 2.35. The molecule has 0 unspecified atom stereocenters. The fourth-order valence-corrected chi connectivity index (χ4v) is 4.79. The number of rotatable bonds is 8. The molecule has 154 valence electrons. The first-order valence-corrected chi connectivity index (χ1v) is 11.5. The number of thioether (sulfide) groups is 1. The molecule has 29 heavy (non-hydrogen) atoms. The van der Waals surface area contributed by atoms with Crippen LogP contribution in [0.5, 0.6) is 0 Å². The van der Waals surface area contributed by atoms with Gasteiger partial charge in [-0.15, -0.1) is 11.8 Å². The van der Waals surface area contributed by atoms with Crippen LogP contribution in [0.3, 0.4) is 0 Å². The number of anilines is 2. The van der Waals surface area contributed by atoms with Gasteiger partial charge in [0.25, 0.3) is 0 Å². The summed E-state index contributed by atoms with van der Waals surface area (Å²) >= 11 is 1.65. The van der Waals surface area contributed by atoms with Gasteiger partial charge in [-0.1, -0.05) is 63.9 Å². The Morgan fingerprint density at radius 1 is 1.14 bits per heavy atom. The van der Waals surface area contributed by atoms with Crippen LogP contribution < -0.4 is 10.2 Å². The molecule has 1 fully saturated rings. The quantitative estimate of drug-likeness (QED) is 0.534. The molecule has 1 aliphatic rings. The molecule has 2 aromatic rings. The Morgan fingerprint density at radius 3 is 2.55 bits per heavy atom. The van der Waals surface area contributed by atoms with Crippen LogP contribution in [0, 0.1) is 0 Å². The standard InChI is InChI=1S/C24H30N2O2S/c1-4-5-6-11-22(27)25-19-14-12-18(13-15-19)24-26(23(28)16-29-24)21-10-8-7-9-20(21)17(2)3/h7-10,12-15,17,24H,4-6,11,16H2,1-3H3,(H,25,27)/t24-/m1/s1. The van der Waals surface area contributed by atoms with Crippen LogP contribution in [0.25, 0.3) is 0 Å². The van der Waals surface area contributed by atoms with Crippen LogP contribution >= 0.6 is 11.8 Å². The largest absolute Gasteiger partial charge is 0.326 e. The predicted molar refractivity (Wildman–Crippen MR) is 122 cm³/mol. The molecule has 1 saturated heterocycles. The molecule has 1 aliphatic heterocycles. The first-order valence-electron chi connectivity index (χ1n) is 10.4. The predicted octanol–water partition coefficient (Wildman–Crippen LogP) is 6.11. The normalized spacial score (nSPS) is 16.5. The summed E-state index contributed by atoms with van der Waals surface area (Å²) in [7, 11) is 0. The summed E-state index contributed by atoms with van der Waals surface area (Å²) in [6.45, 7) is 6.43. The van der Waals surface area contributed by atoms with Gasteiger partial charge in [0.2, 0.25) is 11.8 Å². The monoisotopic (exact) mass is 410 g/mol. The molecule has 2 aromatic carbocycles. The van der Waals surface area contributed by atoms with Crippen molar-refractivity contribution >= 4 is 35.0 Å². The van der Waals surface area contributed by atoms with Gasteiger partial charge in [0.15, 0.2) is 0 Å². The molecule has 0 saturated carbocycles. The van der Waals surface area contributed by atoms with Crippen molar-refractivity contribution in [2.45, 2.75) is 57.7 Å². The van der Waals surface area contributed by atoms with E-state index in [1.807, 2.05) is 47.4 Å². The Morgan fingerprint density at radius 2 is 1.86 bits per heavy atom. The highest BCUT2D eigenvalue weighted by atomic mass is 32.2. The summed E-state index contributed by atoms with van der Waals surface area (Å²) in [6, 6.07) is 16.1. The first kappa shape index (κ1) is 21.4. The second-order valence-electron chi connectivity index (χ2n) is 7.77. The molecule has 3 rings (SSSR count). The molecule has 2 amide bonds. The second-order valence-corrected chi connectivity index (χ2v) is 8.84. The maximum Gasteiger partial charge on any atom is 0.238 e. The lowest BCUT2D eigenvalue weighted by molar-refractivity contribution is -0.116. The van der Waals surface area contributed by atoms with Gasteiger partial charge in [0, 0.05) is 17.8 Å². The van der Waals surface area contributed by atoms with Crippen molar-refractivity contribution in [3.8, 4) is 0 Å². The molecule has 0 aliphatic carbocycles. The van der Waals surface area contributed by atoms with Crippen LogP contribution in [-0.2, 0) is 9.59 Å². The van der Waals surface area contributed by atoms with E-state index in [9.17, 15) is 9.59 Å². The van der Waals surface area contributed by atoms with Gasteiger partial charge in [0.05, 0.1) is 5.75 Å². The Kier molecular flexibility index (Phi) is 7.37. The third-order valence-corrected chi connectivity index (χ3v) is 6.39. The molecule has 1 atom stereocenters.